The molecule has 5 nitrogen and oxygen atoms in total. The monoisotopic (exact) mass is 249 g/mol. The molecule has 18 heavy (non-hydrogen) atoms. The largest absolute Gasteiger partial charge is 0.372 e. The molecule has 1 aliphatic heterocycles. The van der Waals surface area contributed by atoms with Crippen LogP contribution in [0.2, 0.25) is 0 Å². The van der Waals surface area contributed by atoms with Gasteiger partial charge >= 0.3 is 0 Å². The van der Waals surface area contributed by atoms with E-state index in [0.29, 0.717) is 19.0 Å². The maximum atomic E-state index is 12.1. The molecule has 0 aliphatic carbocycles. The van der Waals surface area contributed by atoms with Crippen LogP contribution < -0.4 is 10.5 Å². The Labute approximate surface area is 107 Å². The molecule has 0 amide bonds. The van der Waals surface area contributed by atoms with Gasteiger partial charge in [0.15, 0.2) is 5.82 Å². The second-order valence-corrected chi connectivity index (χ2v) is 4.32. The molecule has 98 valence electrons. The topological polar surface area (TPSA) is 47.4 Å². The van der Waals surface area contributed by atoms with Crippen molar-refractivity contribution < 1.29 is 4.74 Å². The highest BCUT2D eigenvalue weighted by atomic mass is 16.5. The van der Waals surface area contributed by atoms with E-state index >= 15 is 0 Å². The molecule has 1 aromatic rings. The van der Waals surface area contributed by atoms with E-state index in [9.17, 15) is 4.79 Å². The molecule has 2 rings (SSSR count). The van der Waals surface area contributed by atoms with Gasteiger partial charge < -0.3 is 14.2 Å². The highest BCUT2D eigenvalue weighted by Gasteiger charge is 2.25. The van der Waals surface area contributed by atoms with Crippen LogP contribution in [0.1, 0.15) is 13.3 Å². The Kier molecular flexibility index (Phi) is 4.15. The molecule has 2 heterocycles. The van der Waals surface area contributed by atoms with Gasteiger partial charge in [0.25, 0.3) is 5.56 Å². The Hall–Kier alpha value is -1.62. The van der Waals surface area contributed by atoms with Gasteiger partial charge in [-0.1, -0.05) is 6.08 Å². The summed E-state index contributed by atoms with van der Waals surface area (Å²) in [4.78, 5) is 18.3. The lowest BCUT2D eigenvalue weighted by Gasteiger charge is -2.17. The van der Waals surface area contributed by atoms with Crippen molar-refractivity contribution in [2.45, 2.75) is 26.0 Å². The Morgan fingerprint density at radius 2 is 2.50 bits per heavy atom. The van der Waals surface area contributed by atoms with E-state index in [1.807, 2.05) is 11.8 Å². The summed E-state index contributed by atoms with van der Waals surface area (Å²) in [7, 11) is 0. The molecule has 0 spiro atoms. The van der Waals surface area contributed by atoms with E-state index in [1.165, 1.54) is 0 Å². The van der Waals surface area contributed by atoms with Crippen molar-refractivity contribution in [3.63, 3.8) is 0 Å². The molecule has 1 unspecified atom stereocenters. The first-order chi connectivity index (χ1) is 8.76. The number of hydrogen-bond donors (Lipinski definition) is 0. The summed E-state index contributed by atoms with van der Waals surface area (Å²) in [6.07, 6.45) is 6.23. The number of ether oxygens (including phenoxy) is 1. The van der Waals surface area contributed by atoms with Crippen molar-refractivity contribution >= 4 is 5.82 Å². The summed E-state index contributed by atoms with van der Waals surface area (Å²) < 4.78 is 7.27. The van der Waals surface area contributed by atoms with Crippen LogP contribution in [0.3, 0.4) is 0 Å². The Bertz CT molecular complexity index is 470. The van der Waals surface area contributed by atoms with Crippen molar-refractivity contribution in [1.82, 2.24) is 9.55 Å². The minimum atomic E-state index is -0.0237. The van der Waals surface area contributed by atoms with E-state index in [0.717, 1.165) is 19.5 Å². The molecule has 1 aliphatic rings. The van der Waals surface area contributed by atoms with Crippen molar-refractivity contribution in [3.8, 4) is 0 Å². The zero-order valence-electron chi connectivity index (χ0n) is 10.7. The van der Waals surface area contributed by atoms with Crippen LogP contribution in [0.4, 0.5) is 5.82 Å². The van der Waals surface area contributed by atoms with Crippen LogP contribution in [0.15, 0.2) is 29.8 Å². The van der Waals surface area contributed by atoms with Crippen molar-refractivity contribution in [2.75, 3.05) is 24.6 Å². The van der Waals surface area contributed by atoms with Crippen LogP contribution in [-0.4, -0.2) is 35.4 Å². The van der Waals surface area contributed by atoms with Gasteiger partial charge in [-0.25, -0.2) is 4.98 Å². The van der Waals surface area contributed by atoms with Gasteiger partial charge in [0.2, 0.25) is 0 Å². The smallest absolute Gasteiger partial charge is 0.293 e. The fraction of sp³-hybridized carbons (Fsp3) is 0.538. The summed E-state index contributed by atoms with van der Waals surface area (Å²) in [5.74, 6) is 0.532. The van der Waals surface area contributed by atoms with Crippen LogP contribution in [0.5, 0.6) is 0 Å². The molecule has 0 aromatic carbocycles. The SMILES string of the molecule is C=CCOC1CCN(c2nccn(CC)c2=O)C1. The van der Waals surface area contributed by atoms with E-state index in [4.69, 9.17) is 4.74 Å². The van der Waals surface area contributed by atoms with E-state index in [2.05, 4.69) is 11.6 Å². The number of rotatable bonds is 5. The fourth-order valence-electron chi connectivity index (χ4n) is 2.16. The summed E-state index contributed by atoms with van der Waals surface area (Å²) in [5.41, 5.74) is -0.0237. The predicted molar refractivity (Wildman–Crippen MR) is 70.9 cm³/mol. The fourth-order valence-corrected chi connectivity index (χ4v) is 2.16. The van der Waals surface area contributed by atoms with Crippen LogP contribution >= 0.6 is 0 Å². The lowest BCUT2D eigenvalue weighted by molar-refractivity contribution is 0.0908. The molecular formula is C13H19N3O2. The Morgan fingerprint density at radius 3 is 3.22 bits per heavy atom. The maximum Gasteiger partial charge on any atom is 0.293 e. The molecule has 0 bridgehead atoms. The first kappa shape index (κ1) is 12.8. The Balaban J connectivity index is 2.09. The van der Waals surface area contributed by atoms with Gasteiger partial charge in [-0.15, -0.1) is 6.58 Å². The van der Waals surface area contributed by atoms with Crippen LogP contribution in [0, 0.1) is 0 Å². The number of aryl methyl sites for hydroxylation is 1. The zero-order valence-corrected chi connectivity index (χ0v) is 10.7. The maximum absolute atomic E-state index is 12.1. The summed E-state index contributed by atoms with van der Waals surface area (Å²) in [6.45, 7) is 8.34. The number of anilines is 1. The molecular weight excluding hydrogens is 230 g/mol. The summed E-state index contributed by atoms with van der Waals surface area (Å²) >= 11 is 0. The second kappa shape index (κ2) is 5.82. The number of nitrogens with zero attached hydrogens (tertiary/aromatic N) is 3. The third kappa shape index (κ3) is 2.61. The van der Waals surface area contributed by atoms with E-state index < -0.39 is 0 Å². The lowest BCUT2D eigenvalue weighted by atomic mass is 10.3. The van der Waals surface area contributed by atoms with Gasteiger partial charge in [0.1, 0.15) is 0 Å². The molecule has 1 atom stereocenters. The number of hydrogen-bond acceptors (Lipinski definition) is 4. The standard InChI is InChI=1S/C13H19N3O2/c1-3-9-18-11-5-7-16(10-11)12-13(17)15(4-2)8-6-14-12/h3,6,8,11H,1,4-5,7,9-10H2,2H3. The van der Waals surface area contributed by atoms with Crippen molar-refractivity contribution in [2.24, 2.45) is 0 Å². The Morgan fingerprint density at radius 1 is 1.67 bits per heavy atom. The first-order valence-corrected chi connectivity index (χ1v) is 6.29. The zero-order chi connectivity index (χ0) is 13.0. The summed E-state index contributed by atoms with van der Waals surface area (Å²) in [6, 6.07) is 0. The van der Waals surface area contributed by atoms with Gasteiger partial charge in [-0.05, 0) is 13.3 Å². The van der Waals surface area contributed by atoms with Crippen molar-refractivity contribution in [3.05, 3.63) is 35.4 Å². The normalized spacial score (nSPS) is 19.2. The molecule has 5 heteroatoms. The molecule has 1 saturated heterocycles. The van der Waals surface area contributed by atoms with Gasteiger partial charge in [0.05, 0.1) is 12.7 Å². The highest BCUT2D eigenvalue weighted by Crippen LogP contribution is 2.16. The van der Waals surface area contributed by atoms with Gasteiger partial charge in [-0.3, -0.25) is 4.79 Å². The quantitative estimate of drug-likeness (QED) is 0.732. The number of aromatic nitrogens is 2. The third-order valence-corrected chi connectivity index (χ3v) is 3.13. The molecule has 0 radical (unpaired) electrons. The van der Waals surface area contributed by atoms with Crippen LogP contribution in [0.25, 0.3) is 0 Å². The molecule has 1 fully saturated rings. The first-order valence-electron chi connectivity index (χ1n) is 6.29. The molecule has 0 saturated carbocycles. The summed E-state index contributed by atoms with van der Waals surface area (Å²) in [5, 5.41) is 0. The average molecular weight is 249 g/mol. The highest BCUT2D eigenvalue weighted by molar-refractivity contribution is 5.37. The second-order valence-electron chi connectivity index (χ2n) is 4.32. The third-order valence-electron chi connectivity index (χ3n) is 3.13. The van der Waals surface area contributed by atoms with E-state index in [-0.39, 0.29) is 11.7 Å². The van der Waals surface area contributed by atoms with E-state index in [1.54, 1.807) is 23.0 Å². The average Bonchev–Trinajstić information content (AvgIpc) is 2.85. The van der Waals surface area contributed by atoms with Gasteiger partial charge in [0, 0.05) is 32.0 Å². The minimum Gasteiger partial charge on any atom is -0.372 e. The van der Waals surface area contributed by atoms with Crippen molar-refractivity contribution in [1.29, 1.82) is 0 Å². The molecule has 1 aromatic heterocycles. The van der Waals surface area contributed by atoms with Crippen LogP contribution in [-0.2, 0) is 11.3 Å². The minimum absolute atomic E-state index is 0.0237. The molecule has 0 N–H and O–H groups in total. The predicted octanol–water partition coefficient (Wildman–Crippen LogP) is 1.04. The lowest BCUT2D eigenvalue weighted by Crippen LogP contribution is -2.32. The van der Waals surface area contributed by atoms with Gasteiger partial charge in [-0.2, -0.15) is 0 Å².